The molecule has 0 fully saturated rings. The standard InChI is InChI=1S/C37H26O10/c1-3-19-9-31(41)21(11-30(19)40)6-23-13-35(45)25(15-34(23)44)8-27-17-36(46)26(16-37(27)47)7-24-14-32(42)22(12-33(24)43)5-20-10-28(38)18(2)4-29(20)39/h4,9-17H,3,5-8H2,1-2H3. The van der Waals surface area contributed by atoms with Gasteiger partial charge in [0, 0.05) is 81.4 Å². The lowest BCUT2D eigenvalue weighted by atomic mass is 9.83. The molecule has 0 saturated carbocycles. The van der Waals surface area contributed by atoms with Crippen LogP contribution in [0.1, 0.15) is 46.0 Å². The molecule has 0 aromatic carbocycles. The van der Waals surface area contributed by atoms with Crippen LogP contribution in [0.2, 0.25) is 0 Å². The second-order valence-electron chi connectivity index (χ2n) is 11.6. The maximum atomic E-state index is 12.9. The van der Waals surface area contributed by atoms with Gasteiger partial charge in [0.15, 0.2) is 57.8 Å². The predicted molar refractivity (Wildman–Crippen MR) is 165 cm³/mol. The second-order valence-corrected chi connectivity index (χ2v) is 11.6. The minimum Gasteiger partial charge on any atom is -0.290 e. The van der Waals surface area contributed by atoms with Crippen LogP contribution in [-0.2, 0) is 47.9 Å². The average molecular weight is 631 g/mol. The van der Waals surface area contributed by atoms with Gasteiger partial charge in [-0.05, 0) is 74.1 Å². The Kier molecular flexibility index (Phi) is 8.88. The smallest absolute Gasteiger partial charge is 0.182 e. The molecule has 0 atom stereocenters. The third-order valence-corrected chi connectivity index (χ3v) is 8.24. The highest BCUT2D eigenvalue weighted by Gasteiger charge is 2.30. The minimum atomic E-state index is -0.618. The molecule has 0 aromatic rings. The molecule has 0 unspecified atom stereocenters. The van der Waals surface area contributed by atoms with Crippen LogP contribution in [0.25, 0.3) is 0 Å². The highest BCUT2D eigenvalue weighted by Crippen LogP contribution is 2.30. The maximum Gasteiger partial charge on any atom is 0.182 e. The molecule has 0 amide bonds. The molecule has 10 nitrogen and oxygen atoms in total. The lowest BCUT2D eigenvalue weighted by Gasteiger charge is -2.18. The lowest BCUT2D eigenvalue weighted by molar-refractivity contribution is -0.116. The van der Waals surface area contributed by atoms with Gasteiger partial charge in [0.05, 0.1) is 0 Å². The summed E-state index contributed by atoms with van der Waals surface area (Å²) in [7, 11) is 0. The third-order valence-electron chi connectivity index (χ3n) is 8.24. The van der Waals surface area contributed by atoms with Gasteiger partial charge in [-0.2, -0.15) is 0 Å². The van der Waals surface area contributed by atoms with Crippen molar-refractivity contribution >= 4 is 57.8 Å². The first kappa shape index (κ1) is 32.5. The first-order valence-electron chi connectivity index (χ1n) is 14.7. The molecule has 0 aliphatic heterocycles. The molecule has 0 bridgehead atoms. The van der Waals surface area contributed by atoms with Crippen LogP contribution in [-0.4, -0.2) is 57.8 Å². The van der Waals surface area contributed by atoms with E-state index in [0.717, 1.165) is 42.5 Å². The highest BCUT2D eigenvalue weighted by molar-refractivity contribution is 6.27. The van der Waals surface area contributed by atoms with Gasteiger partial charge in [-0.1, -0.05) is 6.92 Å². The van der Waals surface area contributed by atoms with Crippen molar-refractivity contribution in [3.05, 3.63) is 116 Å². The maximum absolute atomic E-state index is 12.9. The fourth-order valence-corrected chi connectivity index (χ4v) is 5.48. The number of hydrogen-bond acceptors (Lipinski definition) is 10. The molecule has 5 rings (SSSR count). The van der Waals surface area contributed by atoms with E-state index in [-0.39, 0.29) is 87.4 Å². The number of hydrogen-bond donors (Lipinski definition) is 0. The van der Waals surface area contributed by atoms with E-state index in [9.17, 15) is 47.9 Å². The second kappa shape index (κ2) is 12.8. The molecule has 10 heteroatoms. The Morgan fingerprint density at radius 1 is 0.298 bits per heavy atom. The topological polar surface area (TPSA) is 171 Å². The highest BCUT2D eigenvalue weighted by atomic mass is 16.2. The van der Waals surface area contributed by atoms with Crippen molar-refractivity contribution < 1.29 is 47.9 Å². The van der Waals surface area contributed by atoms with Crippen molar-refractivity contribution in [3.63, 3.8) is 0 Å². The molecule has 5 aliphatic carbocycles. The summed E-state index contributed by atoms with van der Waals surface area (Å²) in [4.78, 5) is 126. The minimum absolute atomic E-state index is 0.0107. The fraction of sp³-hybridized carbons (Fsp3) is 0.189. The zero-order valence-electron chi connectivity index (χ0n) is 25.4. The number of ketones is 10. The van der Waals surface area contributed by atoms with E-state index in [0.29, 0.717) is 12.0 Å². The number of allylic oxidation sites excluding steroid dienone is 20. The Hall–Kier alpha value is -5.90. The van der Waals surface area contributed by atoms with Gasteiger partial charge < -0.3 is 0 Å². The van der Waals surface area contributed by atoms with Gasteiger partial charge in [-0.15, -0.1) is 0 Å². The molecule has 234 valence electrons. The van der Waals surface area contributed by atoms with Gasteiger partial charge in [-0.25, -0.2) is 0 Å². The SMILES string of the molecule is CCC1=CC(=O)C(CC2=CC(=O)C(CC3=CC(=O)C(CC4=CC(=O)C(CC5=CC(=O)C(C)=CC5=O)=CC4=O)=CC3=O)=CC2=O)=CC1=O. The van der Waals surface area contributed by atoms with Gasteiger partial charge in [-0.3, -0.25) is 47.9 Å². The molecule has 0 aromatic heterocycles. The van der Waals surface area contributed by atoms with Crippen LogP contribution in [0.15, 0.2) is 116 Å². The Labute approximate surface area is 268 Å². The summed E-state index contributed by atoms with van der Waals surface area (Å²) < 4.78 is 0. The van der Waals surface area contributed by atoms with E-state index in [2.05, 4.69) is 0 Å². The van der Waals surface area contributed by atoms with E-state index >= 15 is 0 Å². The number of carbonyl (C=O) groups is 10. The summed E-state index contributed by atoms with van der Waals surface area (Å²) in [5.41, 5.74) is 0.631. The van der Waals surface area contributed by atoms with Crippen molar-refractivity contribution in [2.45, 2.75) is 46.0 Å². The van der Waals surface area contributed by atoms with Crippen LogP contribution in [0.3, 0.4) is 0 Å². The molecule has 0 N–H and O–H groups in total. The molecule has 0 saturated heterocycles. The predicted octanol–water partition coefficient (Wildman–Crippen LogP) is 3.00. The van der Waals surface area contributed by atoms with Crippen molar-refractivity contribution in [2.24, 2.45) is 0 Å². The third kappa shape index (κ3) is 6.86. The summed E-state index contributed by atoms with van der Waals surface area (Å²) in [6.45, 7) is 3.23. The fourth-order valence-electron chi connectivity index (χ4n) is 5.48. The van der Waals surface area contributed by atoms with E-state index < -0.39 is 46.3 Å². The molecular weight excluding hydrogens is 604 g/mol. The molecule has 0 heterocycles. The molecule has 47 heavy (non-hydrogen) atoms. The monoisotopic (exact) mass is 630 g/mol. The average Bonchev–Trinajstić information content (AvgIpc) is 3.00. The van der Waals surface area contributed by atoms with Crippen molar-refractivity contribution in [1.82, 2.24) is 0 Å². The van der Waals surface area contributed by atoms with Crippen molar-refractivity contribution in [3.8, 4) is 0 Å². The van der Waals surface area contributed by atoms with Crippen molar-refractivity contribution in [1.29, 1.82) is 0 Å². The summed E-state index contributed by atoms with van der Waals surface area (Å²) in [6.07, 6.45) is 10.3. The molecule has 0 radical (unpaired) electrons. The van der Waals surface area contributed by atoms with E-state index in [1.54, 1.807) is 6.92 Å². The van der Waals surface area contributed by atoms with Crippen LogP contribution < -0.4 is 0 Å². The Balaban J connectivity index is 1.21. The van der Waals surface area contributed by atoms with E-state index in [1.165, 1.54) is 25.2 Å². The zero-order chi connectivity index (χ0) is 34.2. The van der Waals surface area contributed by atoms with Gasteiger partial charge in [0.1, 0.15) is 0 Å². The first-order chi connectivity index (χ1) is 22.2. The largest absolute Gasteiger partial charge is 0.290 e. The lowest BCUT2D eigenvalue weighted by Crippen LogP contribution is -2.21. The van der Waals surface area contributed by atoms with E-state index in [1.807, 2.05) is 0 Å². The van der Waals surface area contributed by atoms with E-state index in [4.69, 9.17) is 0 Å². The molecule has 5 aliphatic rings. The quantitative estimate of drug-likeness (QED) is 0.345. The Bertz CT molecular complexity index is 2020. The Morgan fingerprint density at radius 2 is 0.489 bits per heavy atom. The molecular formula is C37H26O10. The zero-order valence-corrected chi connectivity index (χ0v) is 25.4. The van der Waals surface area contributed by atoms with Gasteiger partial charge in [0.2, 0.25) is 0 Å². The van der Waals surface area contributed by atoms with Gasteiger partial charge in [0.25, 0.3) is 0 Å². The van der Waals surface area contributed by atoms with Crippen molar-refractivity contribution in [2.75, 3.05) is 0 Å². The molecule has 0 spiro atoms. The van der Waals surface area contributed by atoms with Crippen LogP contribution in [0, 0.1) is 0 Å². The first-order valence-corrected chi connectivity index (χ1v) is 14.7. The van der Waals surface area contributed by atoms with Crippen LogP contribution in [0.4, 0.5) is 0 Å². The normalized spacial score (nSPS) is 20.6. The Morgan fingerprint density at radius 3 is 0.745 bits per heavy atom. The van der Waals surface area contributed by atoms with Crippen LogP contribution >= 0.6 is 0 Å². The number of carbonyl (C=O) groups excluding carboxylic acids is 10. The van der Waals surface area contributed by atoms with Gasteiger partial charge >= 0.3 is 0 Å². The summed E-state index contributed by atoms with van der Waals surface area (Å²) in [5, 5.41) is 0. The van der Waals surface area contributed by atoms with Crippen LogP contribution in [0.5, 0.6) is 0 Å². The summed E-state index contributed by atoms with van der Waals surface area (Å²) in [6, 6.07) is 0. The summed E-state index contributed by atoms with van der Waals surface area (Å²) >= 11 is 0. The summed E-state index contributed by atoms with van der Waals surface area (Å²) in [5.74, 6) is -5.10. The number of rotatable bonds is 9.